The Bertz CT molecular complexity index is 854. The lowest BCUT2D eigenvalue weighted by atomic mass is 10.1. The van der Waals surface area contributed by atoms with Crippen molar-refractivity contribution in [2.45, 2.75) is 13.0 Å². The molecule has 3 rings (SSSR count). The number of rotatable bonds is 6. The Labute approximate surface area is 164 Å². The third-order valence-corrected chi connectivity index (χ3v) is 4.71. The first-order valence-corrected chi connectivity index (χ1v) is 9.38. The van der Waals surface area contributed by atoms with Gasteiger partial charge in [0.05, 0.1) is 30.4 Å². The maximum Gasteiger partial charge on any atom is 0.279 e. The molecule has 146 valence electrons. The molecular weight excluding hydrogens is 356 g/mol. The highest BCUT2D eigenvalue weighted by molar-refractivity contribution is 6.04. The number of piperazine rings is 1. The van der Waals surface area contributed by atoms with Crippen molar-refractivity contribution in [2.75, 3.05) is 31.5 Å². The van der Waals surface area contributed by atoms with Crippen molar-refractivity contribution in [3.8, 4) is 0 Å². The normalized spacial score (nSPS) is 17.3. The summed E-state index contributed by atoms with van der Waals surface area (Å²) in [5.41, 5.74) is 1.88. The van der Waals surface area contributed by atoms with E-state index in [0.717, 1.165) is 10.5 Å². The lowest BCUT2D eigenvalue weighted by Gasteiger charge is -2.23. The third-order valence-electron chi connectivity index (χ3n) is 4.71. The molecule has 0 saturated carbocycles. The molecule has 0 spiro atoms. The monoisotopic (exact) mass is 381 g/mol. The molecule has 3 amide bonds. The molecule has 7 nitrogen and oxygen atoms in total. The molecule has 28 heavy (non-hydrogen) atoms. The highest BCUT2D eigenvalue weighted by Crippen LogP contribution is 2.17. The SMILES string of the molecule is C[C@H](NC(=O)c1ccccc1NC(=O)C[NH+]1CCNC(=O)C1)c1ccccc1. The van der Waals surface area contributed by atoms with Gasteiger partial charge in [0.1, 0.15) is 0 Å². The molecule has 2 aromatic rings. The fourth-order valence-electron chi connectivity index (χ4n) is 3.22. The van der Waals surface area contributed by atoms with E-state index in [9.17, 15) is 14.4 Å². The maximum absolute atomic E-state index is 12.7. The lowest BCUT2D eigenvalue weighted by molar-refractivity contribution is -0.885. The molecule has 2 atom stereocenters. The van der Waals surface area contributed by atoms with Crippen molar-refractivity contribution in [2.24, 2.45) is 0 Å². The molecule has 1 aliphatic heterocycles. The standard InChI is InChI=1S/C21H24N4O3/c1-15(16-7-3-2-4-8-16)23-21(28)17-9-5-6-10-18(17)24-20(27)14-25-12-11-22-19(26)13-25/h2-10,15H,11-14H2,1H3,(H,22,26)(H,23,28)(H,24,27)/p+1/t15-/m0/s1. The molecule has 0 radical (unpaired) electrons. The van der Waals surface area contributed by atoms with Crippen LogP contribution < -0.4 is 20.9 Å². The molecule has 1 fully saturated rings. The number of amides is 3. The Kier molecular flexibility index (Phi) is 6.39. The predicted molar refractivity (Wildman–Crippen MR) is 106 cm³/mol. The first-order valence-electron chi connectivity index (χ1n) is 9.38. The van der Waals surface area contributed by atoms with Crippen LogP contribution in [0.15, 0.2) is 54.6 Å². The molecule has 7 heteroatoms. The van der Waals surface area contributed by atoms with Gasteiger partial charge in [0.25, 0.3) is 17.7 Å². The molecule has 0 bridgehead atoms. The van der Waals surface area contributed by atoms with Crippen molar-refractivity contribution in [1.29, 1.82) is 0 Å². The van der Waals surface area contributed by atoms with E-state index in [1.807, 2.05) is 37.3 Å². The minimum Gasteiger partial charge on any atom is -0.346 e. The van der Waals surface area contributed by atoms with Crippen molar-refractivity contribution in [3.63, 3.8) is 0 Å². The van der Waals surface area contributed by atoms with Crippen LogP contribution in [0.5, 0.6) is 0 Å². The average molecular weight is 381 g/mol. The number of carbonyl (C=O) groups is 3. The van der Waals surface area contributed by atoms with Gasteiger partial charge in [-0.25, -0.2) is 0 Å². The molecule has 0 aliphatic carbocycles. The number of hydrogen-bond donors (Lipinski definition) is 4. The second kappa shape index (κ2) is 9.14. The third kappa shape index (κ3) is 5.17. The van der Waals surface area contributed by atoms with Crippen LogP contribution in [0.1, 0.15) is 28.9 Å². The quantitative estimate of drug-likeness (QED) is 0.573. The van der Waals surface area contributed by atoms with Crippen LogP contribution >= 0.6 is 0 Å². The van der Waals surface area contributed by atoms with Crippen molar-refractivity contribution >= 4 is 23.4 Å². The molecule has 0 aromatic heterocycles. The zero-order valence-electron chi connectivity index (χ0n) is 15.8. The van der Waals surface area contributed by atoms with E-state index in [1.165, 1.54) is 0 Å². The zero-order chi connectivity index (χ0) is 19.9. The summed E-state index contributed by atoms with van der Waals surface area (Å²) in [5, 5.41) is 8.53. The minimum absolute atomic E-state index is 0.0521. The van der Waals surface area contributed by atoms with Gasteiger partial charge in [-0.1, -0.05) is 42.5 Å². The minimum atomic E-state index is -0.253. The largest absolute Gasteiger partial charge is 0.346 e. The average Bonchev–Trinajstić information content (AvgIpc) is 2.69. The molecular formula is C21H25N4O3+. The fraction of sp³-hybridized carbons (Fsp3) is 0.286. The summed E-state index contributed by atoms with van der Waals surface area (Å²) < 4.78 is 0. The summed E-state index contributed by atoms with van der Waals surface area (Å²) >= 11 is 0. The van der Waals surface area contributed by atoms with Gasteiger partial charge in [-0.2, -0.15) is 0 Å². The van der Waals surface area contributed by atoms with Gasteiger partial charge in [-0.3, -0.25) is 14.4 Å². The Balaban J connectivity index is 1.64. The summed E-state index contributed by atoms with van der Waals surface area (Å²) in [6.45, 7) is 3.65. The molecule has 4 N–H and O–H groups in total. The number of carbonyl (C=O) groups excluding carboxylic acids is 3. The Morgan fingerprint density at radius 1 is 1.11 bits per heavy atom. The second-order valence-electron chi connectivity index (χ2n) is 6.90. The molecule has 1 heterocycles. The molecule has 1 unspecified atom stereocenters. The van der Waals surface area contributed by atoms with E-state index < -0.39 is 0 Å². The van der Waals surface area contributed by atoms with Gasteiger partial charge >= 0.3 is 0 Å². The highest BCUT2D eigenvalue weighted by atomic mass is 16.2. The van der Waals surface area contributed by atoms with E-state index in [1.54, 1.807) is 24.3 Å². The van der Waals surface area contributed by atoms with Gasteiger partial charge in [0.15, 0.2) is 13.1 Å². The Morgan fingerprint density at radius 3 is 2.57 bits per heavy atom. The van der Waals surface area contributed by atoms with Crippen LogP contribution in [0.2, 0.25) is 0 Å². The van der Waals surface area contributed by atoms with Gasteiger partial charge in [-0.05, 0) is 24.6 Å². The van der Waals surface area contributed by atoms with Crippen molar-refractivity contribution in [3.05, 3.63) is 65.7 Å². The van der Waals surface area contributed by atoms with Gasteiger partial charge in [0, 0.05) is 0 Å². The van der Waals surface area contributed by atoms with E-state index >= 15 is 0 Å². The smallest absolute Gasteiger partial charge is 0.279 e. The van der Waals surface area contributed by atoms with Crippen LogP contribution in [0.4, 0.5) is 5.69 Å². The summed E-state index contributed by atoms with van der Waals surface area (Å²) in [6, 6.07) is 16.5. The van der Waals surface area contributed by atoms with Crippen LogP contribution in [0.3, 0.4) is 0 Å². The number of benzene rings is 2. The molecule has 1 aliphatic rings. The summed E-state index contributed by atoms with van der Waals surface area (Å²) in [4.78, 5) is 37.5. The van der Waals surface area contributed by atoms with Crippen molar-refractivity contribution < 1.29 is 19.3 Å². The number of quaternary nitrogens is 1. The van der Waals surface area contributed by atoms with Crippen LogP contribution in [0.25, 0.3) is 0 Å². The first kappa shape index (κ1) is 19.6. The van der Waals surface area contributed by atoms with Gasteiger partial charge in [-0.15, -0.1) is 0 Å². The molecule has 2 aromatic carbocycles. The van der Waals surface area contributed by atoms with Gasteiger partial charge in [0.2, 0.25) is 0 Å². The number of para-hydroxylation sites is 1. The van der Waals surface area contributed by atoms with Crippen LogP contribution in [-0.4, -0.2) is 43.9 Å². The van der Waals surface area contributed by atoms with E-state index in [0.29, 0.717) is 24.3 Å². The zero-order valence-corrected chi connectivity index (χ0v) is 15.8. The summed E-state index contributed by atoms with van der Waals surface area (Å²) in [7, 11) is 0. The molecule has 1 saturated heterocycles. The van der Waals surface area contributed by atoms with Gasteiger partial charge < -0.3 is 20.9 Å². The topological polar surface area (TPSA) is 91.7 Å². The number of anilines is 1. The first-order chi connectivity index (χ1) is 13.5. The number of hydrogen-bond acceptors (Lipinski definition) is 3. The highest BCUT2D eigenvalue weighted by Gasteiger charge is 2.23. The van der Waals surface area contributed by atoms with Crippen LogP contribution in [-0.2, 0) is 9.59 Å². The Morgan fingerprint density at radius 2 is 1.82 bits per heavy atom. The summed E-state index contributed by atoms with van der Waals surface area (Å²) in [6.07, 6.45) is 0. The summed E-state index contributed by atoms with van der Waals surface area (Å²) in [5.74, 6) is -0.526. The fourth-order valence-corrected chi connectivity index (χ4v) is 3.22. The van der Waals surface area contributed by atoms with E-state index in [4.69, 9.17) is 0 Å². The van der Waals surface area contributed by atoms with Crippen LogP contribution in [0, 0.1) is 0 Å². The second-order valence-corrected chi connectivity index (χ2v) is 6.90. The lowest BCUT2D eigenvalue weighted by Crippen LogP contribution is -3.16. The van der Waals surface area contributed by atoms with E-state index in [2.05, 4.69) is 16.0 Å². The number of nitrogens with one attached hydrogen (secondary N) is 4. The maximum atomic E-state index is 12.7. The van der Waals surface area contributed by atoms with E-state index in [-0.39, 0.29) is 36.9 Å². The van der Waals surface area contributed by atoms with Crippen molar-refractivity contribution in [1.82, 2.24) is 10.6 Å². The predicted octanol–water partition coefficient (Wildman–Crippen LogP) is 0.131. The Hall–Kier alpha value is -3.19.